The summed E-state index contributed by atoms with van der Waals surface area (Å²) in [6.07, 6.45) is 6.44. The van der Waals surface area contributed by atoms with E-state index in [1.54, 1.807) is 0 Å². The van der Waals surface area contributed by atoms with Gasteiger partial charge in [-0.1, -0.05) is 6.07 Å². The standard InChI is InChI=1S/C16H14N2O2S/c1-20-16(19)15-7-11-13(3-2-4-14(11)21-15)18-8-12(17-9-18)10-5-6-10/h2-4,7-10H,5-6H2,1H3. The second-order valence-corrected chi connectivity index (χ2v) is 6.36. The Balaban J connectivity index is 1.83. The van der Waals surface area contributed by atoms with E-state index in [9.17, 15) is 4.79 Å². The number of carbonyl (C=O) groups excluding carboxylic acids is 1. The quantitative estimate of drug-likeness (QED) is 0.692. The van der Waals surface area contributed by atoms with Crippen LogP contribution in [-0.2, 0) is 4.74 Å². The lowest BCUT2D eigenvalue weighted by Crippen LogP contribution is -1.96. The molecule has 0 atom stereocenters. The second-order valence-electron chi connectivity index (χ2n) is 5.27. The minimum atomic E-state index is -0.286. The molecule has 0 spiro atoms. The second kappa shape index (κ2) is 4.70. The van der Waals surface area contributed by atoms with E-state index in [1.165, 1.54) is 31.3 Å². The SMILES string of the molecule is COC(=O)c1cc2c(-n3cnc(C4CC4)c3)cccc2s1. The third kappa shape index (κ3) is 2.14. The molecule has 1 aromatic carbocycles. The lowest BCUT2D eigenvalue weighted by atomic mass is 10.2. The van der Waals surface area contributed by atoms with Crippen molar-refractivity contribution < 1.29 is 9.53 Å². The Morgan fingerprint density at radius 2 is 2.29 bits per heavy atom. The molecule has 0 saturated heterocycles. The summed E-state index contributed by atoms with van der Waals surface area (Å²) in [4.78, 5) is 16.8. The molecule has 0 bridgehead atoms. The van der Waals surface area contributed by atoms with Crippen molar-refractivity contribution in [3.63, 3.8) is 0 Å². The van der Waals surface area contributed by atoms with Crippen LogP contribution in [-0.4, -0.2) is 22.6 Å². The van der Waals surface area contributed by atoms with Gasteiger partial charge in [0.15, 0.2) is 0 Å². The predicted octanol–water partition coefficient (Wildman–Crippen LogP) is 3.75. The monoisotopic (exact) mass is 298 g/mol. The first kappa shape index (κ1) is 12.6. The van der Waals surface area contributed by atoms with Gasteiger partial charge >= 0.3 is 5.97 Å². The van der Waals surface area contributed by atoms with Gasteiger partial charge in [0.1, 0.15) is 4.88 Å². The first-order chi connectivity index (χ1) is 10.3. The molecule has 4 rings (SSSR count). The molecule has 1 fully saturated rings. The van der Waals surface area contributed by atoms with Crippen LogP contribution in [0.5, 0.6) is 0 Å². The van der Waals surface area contributed by atoms with Crippen molar-refractivity contribution in [2.24, 2.45) is 0 Å². The molecule has 4 nitrogen and oxygen atoms in total. The molecule has 2 heterocycles. The first-order valence-electron chi connectivity index (χ1n) is 6.91. The van der Waals surface area contributed by atoms with Crippen LogP contribution in [0.1, 0.15) is 34.1 Å². The number of carbonyl (C=O) groups is 1. The Labute approximate surface area is 126 Å². The number of esters is 1. The van der Waals surface area contributed by atoms with Crippen molar-refractivity contribution in [1.82, 2.24) is 9.55 Å². The lowest BCUT2D eigenvalue weighted by molar-refractivity contribution is 0.0606. The van der Waals surface area contributed by atoms with E-state index in [0.29, 0.717) is 10.8 Å². The molecule has 21 heavy (non-hydrogen) atoms. The third-order valence-electron chi connectivity index (χ3n) is 3.80. The Morgan fingerprint density at radius 1 is 1.43 bits per heavy atom. The molecule has 1 aliphatic carbocycles. The van der Waals surface area contributed by atoms with E-state index >= 15 is 0 Å². The van der Waals surface area contributed by atoms with Crippen molar-refractivity contribution in [2.45, 2.75) is 18.8 Å². The zero-order valence-electron chi connectivity index (χ0n) is 11.6. The van der Waals surface area contributed by atoms with E-state index in [2.05, 4.69) is 17.2 Å². The smallest absolute Gasteiger partial charge is 0.348 e. The molecule has 5 heteroatoms. The molecular weight excluding hydrogens is 284 g/mol. The number of ether oxygens (including phenoxy) is 1. The Bertz CT molecular complexity index is 830. The van der Waals surface area contributed by atoms with Crippen molar-refractivity contribution in [3.05, 3.63) is 47.4 Å². The molecule has 1 aliphatic rings. The number of nitrogens with zero attached hydrogens (tertiary/aromatic N) is 2. The summed E-state index contributed by atoms with van der Waals surface area (Å²) >= 11 is 1.46. The predicted molar refractivity (Wildman–Crippen MR) is 82.3 cm³/mol. The van der Waals surface area contributed by atoms with Crippen LogP contribution in [0.25, 0.3) is 15.8 Å². The van der Waals surface area contributed by atoms with Crippen LogP contribution in [0.15, 0.2) is 36.8 Å². The highest BCUT2D eigenvalue weighted by atomic mass is 32.1. The van der Waals surface area contributed by atoms with Crippen LogP contribution < -0.4 is 0 Å². The van der Waals surface area contributed by atoms with Crippen LogP contribution in [0.4, 0.5) is 0 Å². The van der Waals surface area contributed by atoms with Crippen molar-refractivity contribution >= 4 is 27.4 Å². The number of hydrogen-bond acceptors (Lipinski definition) is 4. The number of methoxy groups -OCH3 is 1. The normalized spacial score (nSPS) is 14.5. The van der Waals surface area contributed by atoms with E-state index in [4.69, 9.17) is 4.74 Å². The van der Waals surface area contributed by atoms with Gasteiger partial charge in [0.05, 0.1) is 24.8 Å². The van der Waals surface area contributed by atoms with E-state index in [-0.39, 0.29) is 5.97 Å². The van der Waals surface area contributed by atoms with Gasteiger partial charge in [-0.05, 0) is 31.0 Å². The molecule has 0 radical (unpaired) electrons. The first-order valence-corrected chi connectivity index (χ1v) is 7.73. The molecule has 0 N–H and O–H groups in total. The number of imidazole rings is 1. The minimum Gasteiger partial charge on any atom is -0.465 e. The summed E-state index contributed by atoms with van der Waals surface area (Å²) in [5.41, 5.74) is 2.22. The maximum absolute atomic E-state index is 11.7. The average molecular weight is 298 g/mol. The van der Waals surface area contributed by atoms with E-state index in [0.717, 1.165) is 21.5 Å². The molecule has 0 unspecified atom stereocenters. The number of benzene rings is 1. The lowest BCUT2D eigenvalue weighted by Gasteiger charge is -2.03. The van der Waals surface area contributed by atoms with Gasteiger partial charge in [-0.2, -0.15) is 0 Å². The van der Waals surface area contributed by atoms with Gasteiger partial charge in [-0.3, -0.25) is 0 Å². The number of aromatic nitrogens is 2. The zero-order chi connectivity index (χ0) is 14.4. The number of rotatable bonds is 3. The van der Waals surface area contributed by atoms with E-state index < -0.39 is 0 Å². The molecule has 2 aromatic heterocycles. The molecule has 1 saturated carbocycles. The molecule has 0 amide bonds. The highest BCUT2D eigenvalue weighted by Crippen LogP contribution is 2.39. The zero-order valence-corrected chi connectivity index (χ0v) is 12.4. The molecule has 0 aliphatic heterocycles. The third-order valence-corrected chi connectivity index (χ3v) is 4.88. The summed E-state index contributed by atoms with van der Waals surface area (Å²) in [5.74, 6) is 0.352. The summed E-state index contributed by atoms with van der Waals surface area (Å²) in [7, 11) is 1.41. The van der Waals surface area contributed by atoms with Gasteiger partial charge in [-0.25, -0.2) is 9.78 Å². The Morgan fingerprint density at radius 3 is 3.05 bits per heavy atom. The molecular formula is C16H14N2O2S. The van der Waals surface area contributed by atoms with Crippen LogP contribution in [0.2, 0.25) is 0 Å². The topological polar surface area (TPSA) is 44.1 Å². The van der Waals surface area contributed by atoms with E-state index in [1.807, 2.05) is 29.1 Å². The largest absolute Gasteiger partial charge is 0.465 e. The highest BCUT2D eigenvalue weighted by molar-refractivity contribution is 7.20. The maximum atomic E-state index is 11.7. The molecule has 3 aromatic rings. The maximum Gasteiger partial charge on any atom is 0.348 e. The van der Waals surface area contributed by atoms with Crippen molar-refractivity contribution in [2.75, 3.05) is 7.11 Å². The fraction of sp³-hybridized carbons (Fsp3) is 0.250. The van der Waals surface area contributed by atoms with Gasteiger partial charge in [-0.15, -0.1) is 11.3 Å². The number of fused-ring (bicyclic) bond motifs is 1. The summed E-state index contributed by atoms with van der Waals surface area (Å²) in [6, 6.07) is 7.98. The van der Waals surface area contributed by atoms with Gasteiger partial charge in [0.2, 0.25) is 0 Å². The van der Waals surface area contributed by atoms with Crippen LogP contribution >= 0.6 is 11.3 Å². The average Bonchev–Trinajstić information content (AvgIpc) is 3.08. The summed E-state index contributed by atoms with van der Waals surface area (Å²) in [5, 5.41) is 1.06. The van der Waals surface area contributed by atoms with Crippen LogP contribution in [0.3, 0.4) is 0 Å². The number of hydrogen-bond donors (Lipinski definition) is 0. The van der Waals surface area contributed by atoms with Crippen molar-refractivity contribution in [3.8, 4) is 5.69 Å². The summed E-state index contributed by atoms with van der Waals surface area (Å²) in [6.45, 7) is 0. The minimum absolute atomic E-state index is 0.286. The van der Waals surface area contributed by atoms with Gasteiger partial charge in [0.25, 0.3) is 0 Å². The molecule has 106 valence electrons. The fourth-order valence-electron chi connectivity index (χ4n) is 2.53. The van der Waals surface area contributed by atoms with Crippen molar-refractivity contribution in [1.29, 1.82) is 0 Å². The van der Waals surface area contributed by atoms with Gasteiger partial charge in [0, 0.05) is 22.2 Å². The summed E-state index contributed by atoms with van der Waals surface area (Å²) < 4.78 is 7.93. The Kier molecular flexibility index (Phi) is 2.82. The fourth-order valence-corrected chi connectivity index (χ4v) is 3.53. The number of thiophene rings is 1. The Hall–Kier alpha value is -2.14. The van der Waals surface area contributed by atoms with Crippen LogP contribution in [0, 0.1) is 0 Å². The highest BCUT2D eigenvalue weighted by Gasteiger charge is 2.26. The van der Waals surface area contributed by atoms with Gasteiger partial charge < -0.3 is 9.30 Å².